The monoisotopic (exact) mass is 307 g/mol. The number of H-pyrrole nitrogens is 1. The molecular formula is C19H21N3O. The summed E-state index contributed by atoms with van der Waals surface area (Å²) in [5, 5.41) is 4.50. The third kappa shape index (κ3) is 2.59. The minimum absolute atomic E-state index is 0.601. The second kappa shape index (κ2) is 5.70. The van der Waals surface area contributed by atoms with Gasteiger partial charge in [0.1, 0.15) is 17.1 Å². The van der Waals surface area contributed by atoms with Crippen LogP contribution in [0.25, 0.3) is 11.0 Å². The molecule has 2 N–H and O–H groups in total. The van der Waals surface area contributed by atoms with E-state index in [9.17, 15) is 0 Å². The van der Waals surface area contributed by atoms with E-state index < -0.39 is 0 Å². The van der Waals surface area contributed by atoms with Gasteiger partial charge in [-0.25, -0.2) is 4.98 Å². The van der Waals surface area contributed by atoms with E-state index in [0.717, 1.165) is 41.2 Å². The van der Waals surface area contributed by atoms with Crippen molar-refractivity contribution < 1.29 is 4.74 Å². The highest BCUT2D eigenvalue weighted by Crippen LogP contribution is 2.33. The molecule has 2 unspecified atom stereocenters. The highest BCUT2D eigenvalue weighted by molar-refractivity contribution is 5.86. The van der Waals surface area contributed by atoms with Gasteiger partial charge in [-0.1, -0.05) is 19.1 Å². The van der Waals surface area contributed by atoms with Gasteiger partial charge in [-0.3, -0.25) is 0 Å². The Kier molecular flexibility index (Phi) is 3.54. The van der Waals surface area contributed by atoms with Crippen LogP contribution in [0.4, 0.5) is 0 Å². The lowest BCUT2D eigenvalue weighted by Gasteiger charge is -2.15. The normalized spacial score (nSPS) is 21.0. The summed E-state index contributed by atoms with van der Waals surface area (Å²) in [5.41, 5.74) is 3.39. The predicted molar refractivity (Wildman–Crippen MR) is 92.1 cm³/mol. The Hall–Kier alpha value is -2.33. The number of nitrogens with one attached hydrogen (secondary N) is 2. The van der Waals surface area contributed by atoms with Crippen LogP contribution in [-0.4, -0.2) is 23.1 Å². The molecule has 1 aliphatic heterocycles. The summed E-state index contributed by atoms with van der Waals surface area (Å²) in [6, 6.07) is 10.4. The average Bonchev–Trinajstić information content (AvgIpc) is 3.15. The summed E-state index contributed by atoms with van der Waals surface area (Å²) >= 11 is 0. The average molecular weight is 307 g/mol. The lowest BCUT2D eigenvalue weighted by atomic mass is 9.90. The second-order valence-electron chi connectivity index (χ2n) is 6.42. The van der Waals surface area contributed by atoms with Crippen LogP contribution in [0.3, 0.4) is 0 Å². The van der Waals surface area contributed by atoms with Crippen LogP contribution < -0.4 is 10.1 Å². The maximum Gasteiger partial charge on any atom is 0.141 e. The molecule has 1 saturated heterocycles. The zero-order chi connectivity index (χ0) is 15.8. The van der Waals surface area contributed by atoms with Crippen molar-refractivity contribution in [2.24, 2.45) is 5.92 Å². The minimum Gasteiger partial charge on any atom is -0.457 e. The summed E-state index contributed by atoms with van der Waals surface area (Å²) in [6.07, 6.45) is 3.73. The third-order valence-corrected chi connectivity index (χ3v) is 4.79. The second-order valence-corrected chi connectivity index (χ2v) is 6.42. The van der Waals surface area contributed by atoms with Gasteiger partial charge < -0.3 is 15.0 Å². The van der Waals surface area contributed by atoms with E-state index in [0.29, 0.717) is 11.8 Å². The van der Waals surface area contributed by atoms with Gasteiger partial charge in [0.25, 0.3) is 0 Å². The van der Waals surface area contributed by atoms with E-state index in [1.807, 2.05) is 12.3 Å². The molecule has 0 saturated carbocycles. The number of pyridine rings is 1. The Morgan fingerprint density at radius 2 is 1.96 bits per heavy atom. The number of hydrogen-bond donors (Lipinski definition) is 2. The van der Waals surface area contributed by atoms with Crippen LogP contribution >= 0.6 is 0 Å². The number of aromatic amines is 1. The molecule has 4 rings (SSSR count). The molecule has 0 aliphatic carbocycles. The first-order chi connectivity index (χ1) is 11.2. The zero-order valence-electron chi connectivity index (χ0n) is 13.5. The molecule has 3 heterocycles. The molecule has 118 valence electrons. The Labute approximate surface area is 135 Å². The van der Waals surface area contributed by atoms with Crippen molar-refractivity contribution in [1.29, 1.82) is 0 Å². The van der Waals surface area contributed by atoms with E-state index in [1.54, 1.807) is 6.20 Å². The molecule has 23 heavy (non-hydrogen) atoms. The maximum absolute atomic E-state index is 6.10. The van der Waals surface area contributed by atoms with Gasteiger partial charge in [0, 0.05) is 24.9 Å². The number of aryl methyl sites for hydroxylation is 1. The number of nitrogens with zero attached hydrogens (tertiary/aromatic N) is 1. The Bertz CT molecular complexity index is 822. The van der Waals surface area contributed by atoms with Crippen LogP contribution in [0, 0.1) is 12.8 Å². The summed E-state index contributed by atoms with van der Waals surface area (Å²) < 4.78 is 6.10. The fraction of sp³-hybridized carbons (Fsp3) is 0.316. The Balaban J connectivity index is 1.60. The van der Waals surface area contributed by atoms with Gasteiger partial charge in [0.05, 0.1) is 5.39 Å². The van der Waals surface area contributed by atoms with Gasteiger partial charge in [0.2, 0.25) is 0 Å². The molecule has 0 spiro atoms. The lowest BCUT2D eigenvalue weighted by Crippen LogP contribution is -2.07. The maximum atomic E-state index is 6.10. The molecule has 0 radical (unpaired) electrons. The van der Waals surface area contributed by atoms with Crippen molar-refractivity contribution in [2.75, 3.05) is 13.1 Å². The number of ether oxygens (including phenoxy) is 1. The van der Waals surface area contributed by atoms with Crippen LogP contribution in [0.5, 0.6) is 11.5 Å². The van der Waals surface area contributed by atoms with Gasteiger partial charge >= 0.3 is 0 Å². The standard InChI is InChI=1S/C19H21N3O/c1-12-9-20-11-16(12)14-3-5-15(6-4-14)23-17-7-8-21-19-18(17)13(2)10-22-19/h3-8,10,12,16,20H,9,11H2,1-2H3,(H,21,22). The van der Waals surface area contributed by atoms with Crippen molar-refractivity contribution >= 4 is 11.0 Å². The number of aromatic nitrogens is 2. The molecule has 3 aromatic rings. The fourth-order valence-corrected chi connectivity index (χ4v) is 3.43. The van der Waals surface area contributed by atoms with Crippen LogP contribution in [0.2, 0.25) is 0 Å². The molecule has 0 bridgehead atoms. The first-order valence-electron chi connectivity index (χ1n) is 8.13. The van der Waals surface area contributed by atoms with Crippen LogP contribution in [0.15, 0.2) is 42.7 Å². The van der Waals surface area contributed by atoms with E-state index >= 15 is 0 Å². The number of fused-ring (bicyclic) bond motifs is 1. The smallest absolute Gasteiger partial charge is 0.141 e. The molecule has 2 atom stereocenters. The molecule has 0 amide bonds. The van der Waals surface area contributed by atoms with Crippen molar-refractivity contribution in [1.82, 2.24) is 15.3 Å². The summed E-state index contributed by atoms with van der Waals surface area (Å²) in [5.74, 6) is 2.99. The van der Waals surface area contributed by atoms with Gasteiger partial charge in [-0.15, -0.1) is 0 Å². The van der Waals surface area contributed by atoms with E-state index in [4.69, 9.17) is 4.74 Å². The van der Waals surface area contributed by atoms with Crippen molar-refractivity contribution in [3.63, 3.8) is 0 Å². The largest absolute Gasteiger partial charge is 0.457 e. The highest BCUT2D eigenvalue weighted by Gasteiger charge is 2.24. The van der Waals surface area contributed by atoms with E-state index in [2.05, 4.69) is 53.4 Å². The van der Waals surface area contributed by atoms with Crippen molar-refractivity contribution in [3.8, 4) is 11.5 Å². The Morgan fingerprint density at radius 1 is 1.13 bits per heavy atom. The quantitative estimate of drug-likeness (QED) is 0.769. The zero-order valence-corrected chi connectivity index (χ0v) is 13.5. The van der Waals surface area contributed by atoms with Gasteiger partial charge in [-0.05, 0) is 48.7 Å². The van der Waals surface area contributed by atoms with E-state index in [1.165, 1.54) is 5.56 Å². The summed E-state index contributed by atoms with van der Waals surface area (Å²) in [7, 11) is 0. The molecule has 1 fully saturated rings. The van der Waals surface area contributed by atoms with Gasteiger partial charge in [0.15, 0.2) is 0 Å². The summed E-state index contributed by atoms with van der Waals surface area (Å²) in [4.78, 5) is 7.50. The predicted octanol–water partition coefficient (Wildman–Crippen LogP) is 3.99. The molecule has 4 nitrogen and oxygen atoms in total. The van der Waals surface area contributed by atoms with Crippen molar-refractivity contribution in [2.45, 2.75) is 19.8 Å². The topological polar surface area (TPSA) is 49.9 Å². The molecule has 4 heteroatoms. The van der Waals surface area contributed by atoms with E-state index in [-0.39, 0.29) is 0 Å². The Morgan fingerprint density at radius 3 is 2.70 bits per heavy atom. The SMILES string of the molecule is Cc1c[nH]c2nccc(Oc3ccc(C4CNCC4C)cc3)c12. The fourth-order valence-electron chi connectivity index (χ4n) is 3.43. The molecule has 1 aliphatic rings. The molecule has 2 aromatic heterocycles. The minimum atomic E-state index is 0.601. The summed E-state index contributed by atoms with van der Waals surface area (Å²) in [6.45, 7) is 6.53. The number of hydrogen-bond acceptors (Lipinski definition) is 3. The van der Waals surface area contributed by atoms with Crippen LogP contribution in [0.1, 0.15) is 24.0 Å². The first-order valence-corrected chi connectivity index (χ1v) is 8.13. The van der Waals surface area contributed by atoms with Crippen LogP contribution in [-0.2, 0) is 0 Å². The lowest BCUT2D eigenvalue weighted by molar-refractivity contribution is 0.486. The molecule has 1 aromatic carbocycles. The molecular weight excluding hydrogens is 286 g/mol. The van der Waals surface area contributed by atoms with Crippen molar-refractivity contribution in [3.05, 3.63) is 53.9 Å². The number of rotatable bonds is 3. The highest BCUT2D eigenvalue weighted by atomic mass is 16.5. The number of benzene rings is 1. The first kappa shape index (κ1) is 14.3. The van der Waals surface area contributed by atoms with Gasteiger partial charge in [-0.2, -0.15) is 0 Å². The third-order valence-electron chi connectivity index (χ3n) is 4.79.